The number of hydrogen-bond acceptors (Lipinski definition) is 3. The van der Waals surface area contributed by atoms with E-state index >= 15 is 0 Å². The van der Waals surface area contributed by atoms with Crippen LogP contribution in [0.1, 0.15) is 46.0 Å². The van der Waals surface area contributed by atoms with Crippen LogP contribution in [-0.2, 0) is 0 Å². The highest BCUT2D eigenvalue weighted by molar-refractivity contribution is 4.91. The van der Waals surface area contributed by atoms with Crippen molar-refractivity contribution >= 4 is 0 Å². The first-order chi connectivity index (χ1) is 10.2. The molecule has 1 saturated carbocycles. The van der Waals surface area contributed by atoms with E-state index in [2.05, 4.69) is 36.0 Å². The zero-order chi connectivity index (χ0) is 14.8. The van der Waals surface area contributed by atoms with Gasteiger partial charge in [-0.15, -0.1) is 0 Å². The summed E-state index contributed by atoms with van der Waals surface area (Å²) in [5, 5.41) is 3.62. The molecule has 3 fully saturated rings. The Hall–Kier alpha value is -0.120. The quantitative estimate of drug-likeness (QED) is 0.862. The maximum absolute atomic E-state index is 3.62. The highest BCUT2D eigenvalue weighted by Crippen LogP contribution is 2.34. The lowest BCUT2D eigenvalue weighted by Gasteiger charge is -2.47. The molecule has 0 spiro atoms. The van der Waals surface area contributed by atoms with Crippen LogP contribution in [0.3, 0.4) is 0 Å². The summed E-state index contributed by atoms with van der Waals surface area (Å²) in [7, 11) is 2.17. The second-order valence-corrected chi connectivity index (χ2v) is 8.06. The molecule has 2 aliphatic heterocycles. The predicted octanol–water partition coefficient (Wildman–Crippen LogP) is 2.43. The molecule has 2 saturated heterocycles. The van der Waals surface area contributed by atoms with E-state index in [1.807, 2.05) is 0 Å². The molecule has 5 unspecified atom stereocenters. The number of hydrogen-bond donors (Lipinski definition) is 1. The second kappa shape index (κ2) is 6.97. The van der Waals surface area contributed by atoms with Crippen LogP contribution in [0.25, 0.3) is 0 Å². The molecular weight excluding hydrogens is 258 g/mol. The molecule has 3 aliphatic rings. The van der Waals surface area contributed by atoms with Crippen LogP contribution in [0.5, 0.6) is 0 Å². The molecule has 0 bridgehead atoms. The largest absolute Gasteiger partial charge is 0.317 e. The van der Waals surface area contributed by atoms with Crippen molar-refractivity contribution in [3.8, 4) is 0 Å². The lowest BCUT2D eigenvalue weighted by atomic mass is 9.72. The van der Waals surface area contributed by atoms with E-state index in [1.165, 1.54) is 64.8 Å². The van der Waals surface area contributed by atoms with E-state index in [0.717, 1.165) is 29.8 Å². The molecule has 0 aromatic carbocycles. The Kier molecular flexibility index (Phi) is 5.23. The van der Waals surface area contributed by atoms with Crippen LogP contribution in [0.2, 0.25) is 0 Å². The van der Waals surface area contributed by atoms with Crippen LogP contribution in [0, 0.1) is 17.8 Å². The first-order valence-electron chi connectivity index (χ1n) is 9.31. The van der Waals surface area contributed by atoms with Crippen molar-refractivity contribution in [1.29, 1.82) is 0 Å². The summed E-state index contributed by atoms with van der Waals surface area (Å²) < 4.78 is 0. The number of rotatable bonds is 3. The molecule has 0 amide bonds. The van der Waals surface area contributed by atoms with Gasteiger partial charge in [0.25, 0.3) is 0 Å². The van der Waals surface area contributed by atoms with E-state index < -0.39 is 0 Å². The minimum atomic E-state index is 0.730. The summed E-state index contributed by atoms with van der Waals surface area (Å²) in [4.78, 5) is 5.54. The fourth-order valence-corrected chi connectivity index (χ4v) is 5.23. The Balaban J connectivity index is 1.57. The van der Waals surface area contributed by atoms with E-state index in [1.54, 1.807) is 0 Å². The fraction of sp³-hybridized carbons (Fsp3) is 1.00. The summed E-state index contributed by atoms with van der Waals surface area (Å²) in [5.74, 6) is 2.61. The van der Waals surface area contributed by atoms with E-state index in [9.17, 15) is 0 Å². The van der Waals surface area contributed by atoms with Crippen molar-refractivity contribution in [2.24, 2.45) is 17.8 Å². The zero-order valence-corrected chi connectivity index (χ0v) is 14.4. The highest BCUT2D eigenvalue weighted by atomic mass is 15.3. The number of piperazine rings is 1. The molecule has 0 aromatic rings. The summed E-state index contributed by atoms with van der Waals surface area (Å²) in [6.07, 6.45) is 7.10. The van der Waals surface area contributed by atoms with Crippen molar-refractivity contribution in [2.75, 3.05) is 39.8 Å². The van der Waals surface area contributed by atoms with E-state index in [-0.39, 0.29) is 0 Å². The normalized spacial score (nSPS) is 42.7. The van der Waals surface area contributed by atoms with Gasteiger partial charge in [-0.05, 0) is 57.0 Å². The summed E-state index contributed by atoms with van der Waals surface area (Å²) in [6, 6.07) is 1.59. The first kappa shape index (κ1) is 15.8. The van der Waals surface area contributed by atoms with Crippen molar-refractivity contribution in [3.05, 3.63) is 0 Å². The van der Waals surface area contributed by atoms with Crippen molar-refractivity contribution < 1.29 is 0 Å². The molecule has 3 heteroatoms. The molecule has 1 aliphatic carbocycles. The number of fused-ring (bicyclic) bond motifs is 1. The monoisotopic (exact) mass is 293 g/mol. The van der Waals surface area contributed by atoms with Crippen LogP contribution in [0.4, 0.5) is 0 Å². The first-order valence-corrected chi connectivity index (χ1v) is 9.31. The Morgan fingerprint density at radius 3 is 2.71 bits per heavy atom. The molecule has 0 radical (unpaired) electrons. The maximum atomic E-state index is 3.62. The van der Waals surface area contributed by atoms with Gasteiger partial charge in [-0.1, -0.05) is 20.3 Å². The molecule has 3 nitrogen and oxygen atoms in total. The average Bonchev–Trinajstić information content (AvgIpc) is 2.49. The number of nitrogens with one attached hydrogen (secondary N) is 1. The summed E-state index contributed by atoms with van der Waals surface area (Å²) in [5.41, 5.74) is 0. The molecule has 0 aromatic heterocycles. The molecule has 2 heterocycles. The van der Waals surface area contributed by atoms with Crippen molar-refractivity contribution in [3.63, 3.8) is 0 Å². The van der Waals surface area contributed by atoms with Gasteiger partial charge in [0.15, 0.2) is 0 Å². The van der Waals surface area contributed by atoms with Gasteiger partial charge in [0.2, 0.25) is 0 Å². The molecular formula is C18H35N3. The van der Waals surface area contributed by atoms with Gasteiger partial charge < -0.3 is 10.2 Å². The standard InChI is InChI=1S/C18H35N3/c1-14-10-15(2)17(18(11-14)19-3)13-20-8-9-21-7-5-4-6-16(21)12-20/h14-19H,4-13H2,1-3H3. The molecule has 122 valence electrons. The zero-order valence-electron chi connectivity index (χ0n) is 14.4. The minimum Gasteiger partial charge on any atom is -0.317 e. The minimum absolute atomic E-state index is 0.730. The Morgan fingerprint density at radius 1 is 1.05 bits per heavy atom. The van der Waals surface area contributed by atoms with Crippen LogP contribution < -0.4 is 5.32 Å². The van der Waals surface area contributed by atoms with Gasteiger partial charge in [-0.2, -0.15) is 0 Å². The highest BCUT2D eigenvalue weighted by Gasteiger charge is 2.36. The Labute approximate surface area is 131 Å². The van der Waals surface area contributed by atoms with Gasteiger partial charge in [-0.25, -0.2) is 0 Å². The SMILES string of the molecule is CNC1CC(C)CC(C)C1CN1CCN2CCCCC2C1. The van der Waals surface area contributed by atoms with Crippen molar-refractivity contribution in [2.45, 2.75) is 58.0 Å². The van der Waals surface area contributed by atoms with Crippen LogP contribution in [0.15, 0.2) is 0 Å². The third-order valence-corrected chi connectivity index (χ3v) is 6.44. The topological polar surface area (TPSA) is 18.5 Å². The molecule has 3 rings (SSSR count). The smallest absolute Gasteiger partial charge is 0.0223 e. The van der Waals surface area contributed by atoms with Crippen LogP contribution in [-0.4, -0.2) is 61.7 Å². The molecule has 1 N–H and O–H groups in total. The molecule has 5 atom stereocenters. The Bertz CT molecular complexity index is 332. The predicted molar refractivity (Wildman–Crippen MR) is 89.6 cm³/mol. The Morgan fingerprint density at radius 2 is 1.90 bits per heavy atom. The lowest BCUT2D eigenvalue weighted by Crippen LogP contribution is -2.57. The van der Waals surface area contributed by atoms with Crippen LogP contribution >= 0.6 is 0 Å². The molecule has 21 heavy (non-hydrogen) atoms. The lowest BCUT2D eigenvalue weighted by molar-refractivity contribution is 0.0234. The van der Waals surface area contributed by atoms with E-state index in [0.29, 0.717) is 0 Å². The fourth-order valence-electron chi connectivity index (χ4n) is 5.23. The second-order valence-electron chi connectivity index (χ2n) is 8.06. The third-order valence-electron chi connectivity index (χ3n) is 6.44. The van der Waals surface area contributed by atoms with Gasteiger partial charge in [0, 0.05) is 38.3 Å². The van der Waals surface area contributed by atoms with Gasteiger partial charge >= 0.3 is 0 Å². The number of nitrogens with zero attached hydrogens (tertiary/aromatic N) is 2. The third kappa shape index (κ3) is 3.62. The number of piperidine rings is 1. The van der Waals surface area contributed by atoms with E-state index in [4.69, 9.17) is 0 Å². The summed E-state index contributed by atoms with van der Waals surface area (Å²) >= 11 is 0. The summed E-state index contributed by atoms with van der Waals surface area (Å²) in [6.45, 7) is 11.5. The van der Waals surface area contributed by atoms with Gasteiger partial charge in [-0.3, -0.25) is 4.90 Å². The van der Waals surface area contributed by atoms with Gasteiger partial charge in [0.05, 0.1) is 0 Å². The average molecular weight is 293 g/mol. The maximum Gasteiger partial charge on any atom is 0.0223 e. The van der Waals surface area contributed by atoms with Gasteiger partial charge in [0.1, 0.15) is 0 Å². The van der Waals surface area contributed by atoms with Crippen molar-refractivity contribution in [1.82, 2.24) is 15.1 Å².